The zero-order valence-electron chi connectivity index (χ0n) is 10.9. The van der Waals surface area contributed by atoms with Crippen LogP contribution in [-0.4, -0.2) is 23.5 Å². The van der Waals surface area contributed by atoms with Gasteiger partial charge in [-0.15, -0.1) is 0 Å². The van der Waals surface area contributed by atoms with E-state index in [1.807, 2.05) is 19.1 Å². The van der Waals surface area contributed by atoms with E-state index in [0.717, 1.165) is 11.3 Å². The number of hydrogen-bond acceptors (Lipinski definition) is 3. The standard InChI is InChI=1S/C14H21N3O/c1-11-5-4-8-15-13(11)9-17-14(18)10-16-12-6-2-3-7-12/h4-5,8,12,16H,2-3,6-7,9-10H2,1H3,(H,17,18). The lowest BCUT2D eigenvalue weighted by Gasteiger charge is -2.12. The highest BCUT2D eigenvalue weighted by Crippen LogP contribution is 2.17. The molecule has 0 aromatic carbocycles. The predicted octanol–water partition coefficient (Wildman–Crippen LogP) is 1.54. The van der Waals surface area contributed by atoms with Crippen molar-refractivity contribution in [1.82, 2.24) is 15.6 Å². The zero-order valence-corrected chi connectivity index (χ0v) is 10.9. The summed E-state index contributed by atoms with van der Waals surface area (Å²) in [6.45, 7) is 2.93. The van der Waals surface area contributed by atoms with Crippen LogP contribution in [0.15, 0.2) is 18.3 Å². The van der Waals surface area contributed by atoms with E-state index in [2.05, 4.69) is 15.6 Å². The number of nitrogens with zero attached hydrogens (tertiary/aromatic N) is 1. The van der Waals surface area contributed by atoms with Crippen LogP contribution in [-0.2, 0) is 11.3 Å². The Bertz CT molecular complexity index is 400. The minimum atomic E-state index is 0.0481. The van der Waals surface area contributed by atoms with Gasteiger partial charge in [-0.05, 0) is 31.4 Å². The second-order valence-corrected chi connectivity index (χ2v) is 4.91. The van der Waals surface area contributed by atoms with Gasteiger partial charge in [-0.2, -0.15) is 0 Å². The number of pyridine rings is 1. The molecule has 1 aliphatic carbocycles. The number of hydrogen-bond donors (Lipinski definition) is 2. The van der Waals surface area contributed by atoms with E-state index in [-0.39, 0.29) is 5.91 Å². The van der Waals surface area contributed by atoms with E-state index in [4.69, 9.17) is 0 Å². The van der Waals surface area contributed by atoms with Crippen molar-refractivity contribution in [2.45, 2.75) is 45.2 Å². The lowest BCUT2D eigenvalue weighted by molar-refractivity contribution is -0.120. The summed E-state index contributed by atoms with van der Waals surface area (Å²) in [6.07, 6.45) is 6.73. The Kier molecular flexibility index (Phi) is 4.70. The van der Waals surface area contributed by atoms with E-state index >= 15 is 0 Å². The molecule has 0 atom stereocenters. The number of amides is 1. The highest BCUT2D eigenvalue weighted by Gasteiger charge is 2.15. The van der Waals surface area contributed by atoms with Gasteiger partial charge in [0, 0.05) is 12.2 Å². The molecule has 1 saturated carbocycles. The molecule has 0 unspecified atom stereocenters. The Morgan fingerprint density at radius 3 is 2.94 bits per heavy atom. The summed E-state index contributed by atoms with van der Waals surface area (Å²) in [4.78, 5) is 15.9. The third-order valence-corrected chi connectivity index (χ3v) is 3.48. The molecule has 1 aromatic rings. The fourth-order valence-corrected chi connectivity index (χ4v) is 2.32. The second-order valence-electron chi connectivity index (χ2n) is 4.91. The molecule has 1 aliphatic rings. The van der Waals surface area contributed by atoms with Crippen LogP contribution < -0.4 is 10.6 Å². The lowest BCUT2D eigenvalue weighted by atomic mass is 10.2. The summed E-state index contributed by atoms with van der Waals surface area (Å²) in [6, 6.07) is 4.44. The average molecular weight is 247 g/mol. The second kappa shape index (κ2) is 6.50. The number of nitrogens with one attached hydrogen (secondary N) is 2. The highest BCUT2D eigenvalue weighted by molar-refractivity contribution is 5.77. The van der Waals surface area contributed by atoms with Gasteiger partial charge in [0.2, 0.25) is 5.91 Å². The summed E-state index contributed by atoms with van der Waals surface area (Å²) in [5.74, 6) is 0.0481. The first-order valence-electron chi connectivity index (χ1n) is 6.66. The number of carbonyl (C=O) groups is 1. The number of carbonyl (C=O) groups excluding carboxylic acids is 1. The molecule has 18 heavy (non-hydrogen) atoms. The molecule has 1 amide bonds. The number of aryl methyl sites for hydroxylation is 1. The van der Waals surface area contributed by atoms with Crippen LogP contribution in [0.3, 0.4) is 0 Å². The van der Waals surface area contributed by atoms with Crippen molar-refractivity contribution in [2.24, 2.45) is 0 Å². The smallest absolute Gasteiger partial charge is 0.234 e. The summed E-state index contributed by atoms with van der Waals surface area (Å²) in [5, 5.41) is 6.20. The van der Waals surface area contributed by atoms with Crippen molar-refractivity contribution in [1.29, 1.82) is 0 Å². The lowest BCUT2D eigenvalue weighted by Crippen LogP contribution is -2.38. The Balaban J connectivity index is 1.69. The van der Waals surface area contributed by atoms with Crippen LogP contribution in [0, 0.1) is 6.92 Å². The molecule has 0 saturated heterocycles. The van der Waals surface area contributed by atoms with Gasteiger partial charge in [-0.1, -0.05) is 18.9 Å². The van der Waals surface area contributed by atoms with Gasteiger partial charge in [-0.25, -0.2) is 0 Å². The maximum absolute atomic E-state index is 11.7. The van der Waals surface area contributed by atoms with Gasteiger partial charge >= 0.3 is 0 Å². The van der Waals surface area contributed by atoms with Crippen molar-refractivity contribution in [3.05, 3.63) is 29.6 Å². The molecule has 4 heteroatoms. The first-order valence-corrected chi connectivity index (χ1v) is 6.66. The molecule has 2 rings (SSSR count). The van der Waals surface area contributed by atoms with E-state index < -0.39 is 0 Å². The Labute approximate surface area is 108 Å². The van der Waals surface area contributed by atoms with Gasteiger partial charge in [0.25, 0.3) is 0 Å². The summed E-state index contributed by atoms with van der Waals surface area (Å²) in [7, 11) is 0. The van der Waals surface area contributed by atoms with Crippen LogP contribution in [0.1, 0.15) is 36.9 Å². The Hall–Kier alpha value is -1.42. The maximum Gasteiger partial charge on any atom is 0.234 e. The SMILES string of the molecule is Cc1cccnc1CNC(=O)CNC1CCCC1. The summed E-state index contributed by atoms with van der Waals surface area (Å²) < 4.78 is 0. The van der Waals surface area contributed by atoms with Crippen LogP contribution in [0.25, 0.3) is 0 Å². The van der Waals surface area contributed by atoms with Crippen LogP contribution in [0.2, 0.25) is 0 Å². The fraction of sp³-hybridized carbons (Fsp3) is 0.571. The van der Waals surface area contributed by atoms with Crippen LogP contribution >= 0.6 is 0 Å². The molecule has 0 bridgehead atoms. The molecule has 2 N–H and O–H groups in total. The van der Waals surface area contributed by atoms with E-state index in [9.17, 15) is 4.79 Å². The molecular weight excluding hydrogens is 226 g/mol. The van der Waals surface area contributed by atoms with E-state index in [1.165, 1.54) is 25.7 Å². The Morgan fingerprint density at radius 1 is 1.44 bits per heavy atom. The molecule has 98 valence electrons. The molecule has 0 aliphatic heterocycles. The molecule has 1 fully saturated rings. The number of rotatable bonds is 5. The third-order valence-electron chi connectivity index (χ3n) is 3.48. The molecule has 0 spiro atoms. The molecular formula is C14H21N3O. The van der Waals surface area contributed by atoms with Gasteiger partial charge in [-0.3, -0.25) is 9.78 Å². The largest absolute Gasteiger partial charge is 0.349 e. The highest BCUT2D eigenvalue weighted by atomic mass is 16.1. The minimum absolute atomic E-state index is 0.0481. The van der Waals surface area contributed by atoms with Crippen LogP contribution in [0.4, 0.5) is 0 Å². The topological polar surface area (TPSA) is 54.0 Å². The molecule has 1 aromatic heterocycles. The van der Waals surface area contributed by atoms with Crippen molar-refractivity contribution < 1.29 is 4.79 Å². The zero-order chi connectivity index (χ0) is 12.8. The quantitative estimate of drug-likeness (QED) is 0.830. The molecule has 1 heterocycles. The van der Waals surface area contributed by atoms with Gasteiger partial charge < -0.3 is 10.6 Å². The number of aromatic nitrogens is 1. The fourth-order valence-electron chi connectivity index (χ4n) is 2.32. The van der Waals surface area contributed by atoms with Crippen molar-refractivity contribution in [3.8, 4) is 0 Å². The van der Waals surface area contributed by atoms with Crippen LogP contribution in [0.5, 0.6) is 0 Å². The maximum atomic E-state index is 11.7. The normalized spacial score (nSPS) is 15.8. The monoisotopic (exact) mass is 247 g/mol. The van der Waals surface area contributed by atoms with Gasteiger partial charge in [0.1, 0.15) is 0 Å². The average Bonchev–Trinajstić information content (AvgIpc) is 2.88. The van der Waals surface area contributed by atoms with Gasteiger partial charge in [0.15, 0.2) is 0 Å². The molecule has 0 radical (unpaired) electrons. The summed E-state index contributed by atoms with van der Waals surface area (Å²) >= 11 is 0. The molecule has 4 nitrogen and oxygen atoms in total. The van der Waals surface area contributed by atoms with Gasteiger partial charge in [0.05, 0.1) is 18.8 Å². The first kappa shape index (κ1) is 13.0. The Morgan fingerprint density at radius 2 is 2.22 bits per heavy atom. The first-order chi connectivity index (χ1) is 8.75. The van der Waals surface area contributed by atoms with Crippen molar-refractivity contribution in [2.75, 3.05) is 6.54 Å². The van der Waals surface area contributed by atoms with Crippen molar-refractivity contribution in [3.63, 3.8) is 0 Å². The van der Waals surface area contributed by atoms with E-state index in [1.54, 1.807) is 6.20 Å². The predicted molar refractivity (Wildman–Crippen MR) is 71.1 cm³/mol. The van der Waals surface area contributed by atoms with E-state index in [0.29, 0.717) is 19.1 Å². The third kappa shape index (κ3) is 3.81. The summed E-state index contributed by atoms with van der Waals surface area (Å²) in [5.41, 5.74) is 2.05. The van der Waals surface area contributed by atoms with Crippen molar-refractivity contribution >= 4 is 5.91 Å². The minimum Gasteiger partial charge on any atom is -0.349 e.